The maximum atomic E-state index is 12.2. The fraction of sp³-hybridized carbons (Fsp3) is 0.474. The zero-order valence-corrected chi connectivity index (χ0v) is 15.0. The number of benzene rings is 1. The van der Waals surface area contributed by atoms with Crippen LogP contribution in [0.3, 0.4) is 0 Å². The lowest BCUT2D eigenvalue weighted by molar-refractivity contribution is -0.274. The number of rotatable bonds is 6. The molecule has 1 aliphatic carbocycles. The number of nitrogens with one attached hydrogen (secondary N) is 1. The first kappa shape index (κ1) is 20.2. The third-order valence-electron chi connectivity index (χ3n) is 5.14. The van der Waals surface area contributed by atoms with Gasteiger partial charge >= 0.3 is 6.36 Å². The van der Waals surface area contributed by atoms with Crippen LogP contribution in [0.2, 0.25) is 0 Å². The van der Waals surface area contributed by atoms with Crippen molar-refractivity contribution in [1.82, 2.24) is 10.2 Å². The average molecular weight is 398 g/mol. The summed E-state index contributed by atoms with van der Waals surface area (Å²) in [6.07, 6.45) is -2.37. The van der Waals surface area contributed by atoms with Gasteiger partial charge in [-0.15, -0.1) is 13.2 Å². The number of nitrogens with zero attached hydrogens (tertiary/aromatic N) is 1. The molecule has 152 valence electrons. The molecule has 2 fully saturated rings. The van der Waals surface area contributed by atoms with E-state index in [-0.39, 0.29) is 49.0 Å². The molecule has 0 unspecified atom stereocenters. The number of halogens is 3. The van der Waals surface area contributed by atoms with Gasteiger partial charge in [-0.2, -0.15) is 0 Å². The summed E-state index contributed by atoms with van der Waals surface area (Å²) in [6, 6.07) is 5.67. The lowest BCUT2D eigenvalue weighted by Gasteiger charge is -2.46. The van der Waals surface area contributed by atoms with E-state index in [9.17, 15) is 27.9 Å². The summed E-state index contributed by atoms with van der Waals surface area (Å²) in [6.45, 7) is 3.75. The normalized spacial score (nSPS) is 23.2. The Morgan fingerprint density at radius 1 is 1.29 bits per heavy atom. The molecule has 0 aromatic heterocycles. The van der Waals surface area contributed by atoms with E-state index in [1.54, 1.807) is 12.1 Å². The van der Waals surface area contributed by atoms with Crippen LogP contribution in [0, 0.1) is 5.92 Å². The fourth-order valence-electron chi connectivity index (χ4n) is 3.50. The zero-order valence-electron chi connectivity index (χ0n) is 15.0. The molecule has 1 aromatic carbocycles. The Labute approximate surface area is 160 Å². The molecule has 1 aromatic rings. The van der Waals surface area contributed by atoms with Crippen molar-refractivity contribution in [3.05, 3.63) is 42.5 Å². The summed E-state index contributed by atoms with van der Waals surface area (Å²) in [4.78, 5) is 25.0. The van der Waals surface area contributed by atoms with E-state index in [4.69, 9.17) is 0 Å². The van der Waals surface area contributed by atoms with Crippen molar-refractivity contribution in [3.63, 3.8) is 0 Å². The van der Waals surface area contributed by atoms with Crippen LogP contribution in [0.25, 0.3) is 0 Å². The quantitative estimate of drug-likeness (QED) is 0.718. The number of amides is 2. The molecular formula is C19H21F3N2O4. The molecule has 2 aliphatic rings. The molecule has 0 bridgehead atoms. The Bertz CT molecular complexity index is 751. The minimum absolute atomic E-state index is 0.0669. The molecule has 9 heteroatoms. The summed E-state index contributed by atoms with van der Waals surface area (Å²) in [5.41, 5.74) is -0.263. The molecule has 6 nitrogen and oxygen atoms in total. The van der Waals surface area contributed by atoms with Crippen LogP contribution in [0.4, 0.5) is 13.2 Å². The predicted octanol–water partition coefficient (Wildman–Crippen LogP) is 1.95. The smallest absolute Gasteiger partial charge is 0.406 e. The van der Waals surface area contributed by atoms with Gasteiger partial charge in [0, 0.05) is 12.5 Å². The van der Waals surface area contributed by atoms with E-state index in [0.29, 0.717) is 12.8 Å². The van der Waals surface area contributed by atoms with Crippen LogP contribution in [0.15, 0.2) is 36.9 Å². The molecule has 0 atom stereocenters. The van der Waals surface area contributed by atoms with Gasteiger partial charge in [-0.25, -0.2) is 0 Å². The van der Waals surface area contributed by atoms with Crippen LogP contribution < -0.4 is 10.1 Å². The summed E-state index contributed by atoms with van der Waals surface area (Å²) in [5.74, 6) is -0.809. The van der Waals surface area contributed by atoms with Crippen molar-refractivity contribution in [3.8, 4) is 5.75 Å². The molecule has 3 rings (SSSR count). The molecule has 1 aliphatic heterocycles. The number of alkyl halides is 3. The van der Waals surface area contributed by atoms with E-state index < -0.39 is 12.0 Å². The van der Waals surface area contributed by atoms with E-state index >= 15 is 0 Å². The van der Waals surface area contributed by atoms with Crippen LogP contribution in [-0.2, 0) is 9.59 Å². The molecule has 2 N–H and O–H groups in total. The second-order valence-corrected chi connectivity index (χ2v) is 7.32. The van der Waals surface area contributed by atoms with Crippen LogP contribution in [0.1, 0.15) is 24.3 Å². The number of β-amino-alcohol motifs (C(OH)–C–C–N with tert-alkyl or cyclic N) is 1. The highest BCUT2D eigenvalue weighted by molar-refractivity contribution is 5.88. The summed E-state index contributed by atoms with van der Waals surface area (Å²) >= 11 is 0. The maximum absolute atomic E-state index is 12.2. The highest BCUT2D eigenvalue weighted by Gasteiger charge is 2.44. The van der Waals surface area contributed by atoms with Gasteiger partial charge in [0.15, 0.2) is 0 Å². The molecular weight excluding hydrogens is 377 g/mol. The monoisotopic (exact) mass is 398 g/mol. The Kier molecular flexibility index (Phi) is 5.38. The SMILES string of the molecule is C=CC(=O)N1CC(O)(CNC(=O)C2CC(c3ccc(OC(F)(F)F)cc3)C2)C1. The number of carbonyl (C=O) groups is 2. The molecule has 0 spiro atoms. The van der Waals surface area contributed by atoms with E-state index in [1.807, 2.05) is 0 Å². The van der Waals surface area contributed by atoms with Crippen LogP contribution in [0.5, 0.6) is 5.75 Å². The third-order valence-corrected chi connectivity index (χ3v) is 5.14. The average Bonchev–Trinajstić information content (AvgIpc) is 2.55. The number of likely N-dealkylation sites (tertiary alicyclic amines) is 1. The molecule has 1 saturated carbocycles. The highest BCUT2D eigenvalue weighted by Crippen LogP contribution is 2.42. The standard InChI is InChI=1S/C19H21F3N2O4/c1-2-16(25)24-10-18(27,11-24)9-23-17(26)14-7-13(8-14)12-3-5-15(6-4-12)28-19(20,21)22/h2-6,13-14,27H,1,7-11H2,(H,23,26). The van der Waals surface area contributed by atoms with Gasteiger partial charge in [-0.1, -0.05) is 18.7 Å². The third kappa shape index (κ3) is 4.64. The number of carbonyl (C=O) groups excluding carboxylic acids is 2. The fourth-order valence-corrected chi connectivity index (χ4v) is 3.50. The van der Waals surface area contributed by atoms with Crippen LogP contribution in [-0.4, -0.2) is 53.4 Å². The number of aliphatic hydroxyl groups is 1. The molecule has 1 saturated heterocycles. The van der Waals surface area contributed by atoms with E-state index in [0.717, 1.165) is 5.56 Å². The molecule has 1 heterocycles. The van der Waals surface area contributed by atoms with Crippen molar-refractivity contribution >= 4 is 11.8 Å². The van der Waals surface area contributed by atoms with Crippen LogP contribution >= 0.6 is 0 Å². The summed E-state index contributed by atoms with van der Waals surface area (Å²) < 4.78 is 40.4. The lowest BCUT2D eigenvalue weighted by Crippen LogP contribution is -2.67. The van der Waals surface area contributed by atoms with E-state index in [1.165, 1.54) is 23.1 Å². The Morgan fingerprint density at radius 3 is 2.43 bits per heavy atom. The van der Waals surface area contributed by atoms with Crippen molar-refractivity contribution in [1.29, 1.82) is 0 Å². The van der Waals surface area contributed by atoms with Gasteiger partial charge in [-0.05, 0) is 42.5 Å². The molecule has 28 heavy (non-hydrogen) atoms. The zero-order chi connectivity index (χ0) is 20.5. The van der Waals surface area contributed by atoms with Gasteiger partial charge in [0.25, 0.3) is 0 Å². The number of hydrogen-bond acceptors (Lipinski definition) is 4. The number of hydrogen-bond donors (Lipinski definition) is 2. The van der Waals surface area contributed by atoms with Gasteiger partial charge in [0.05, 0.1) is 13.1 Å². The first-order valence-corrected chi connectivity index (χ1v) is 8.86. The van der Waals surface area contributed by atoms with E-state index in [2.05, 4.69) is 16.6 Å². The Morgan fingerprint density at radius 2 is 1.89 bits per heavy atom. The van der Waals surface area contributed by atoms with Crippen molar-refractivity contribution in [2.24, 2.45) is 5.92 Å². The van der Waals surface area contributed by atoms with Crippen molar-refractivity contribution in [2.45, 2.75) is 30.7 Å². The van der Waals surface area contributed by atoms with Gasteiger partial charge in [0.2, 0.25) is 11.8 Å². The minimum Gasteiger partial charge on any atom is -0.406 e. The van der Waals surface area contributed by atoms with Gasteiger partial charge < -0.3 is 20.1 Å². The second kappa shape index (κ2) is 7.46. The lowest BCUT2D eigenvalue weighted by atomic mass is 9.71. The Hall–Kier alpha value is -2.55. The number of ether oxygens (including phenoxy) is 1. The topological polar surface area (TPSA) is 78.9 Å². The highest BCUT2D eigenvalue weighted by atomic mass is 19.4. The molecule has 0 radical (unpaired) electrons. The first-order valence-electron chi connectivity index (χ1n) is 8.86. The first-order chi connectivity index (χ1) is 13.1. The van der Waals surface area contributed by atoms with Gasteiger partial charge in [-0.3, -0.25) is 9.59 Å². The minimum atomic E-state index is -4.72. The summed E-state index contributed by atoms with van der Waals surface area (Å²) in [7, 11) is 0. The van der Waals surface area contributed by atoms with Crippen molar-refractivity contribution in [2.75, 3.05) is 19.6 Å². The summed E-state index contributed by atoms with van der Waals surface area (Å²) in [5, 5.41) is 13.0. The molecule has 2 amide bonds. The Balaban J connectivity index is 1.41. The largest absolute Gasteiger partial charge is 0.573 e. The second-order valence-electron chi connectivity index (χ2n) is 7.32. The van der Waals surface area contributed by atoms with Gasteiger partial charge in [0.1, 0.15) is 11.4 Å². The van der Waals surface area contributed by atoms with Crippen molar-refractivity contribution < 1.29 is 32.6 Å². The predicted molar refractivity (Wildman–Crippen MR) is 93.3 cm³/mol. The maximum Gasteiger partial charge on any atom is 0.573 e.